The van der Waals surface area contributed by atoms with Gasteiger partial charge in [0.25, 0.3) is 0 Å². The van der Waals surface area contributed by atoms with Gasteiger partial charge in [0, 0.05) is 31.6 Å². The van der Waals surface area contributed by atoms with Crippen molar-refractivity contribution in [3.63, 3.8) is 0 Å². The van der Waals surface area contributed by atoms with Crippen LogP contribution in [0.1, 0.15) is 45.4 Å². The van der Waals surface area contributed by atoms with E-state index in [0.29, 0.717) is 24.3 Å². The number of sulfone groups is 1. The van der Waals surface area contributed by atoms with Crippen LogP contribution in [0.25, 0.3) is 0 Å². The van der Waals surface area contributed by atoms with E-state index in [1.54, 1.807) is 0 Å². The fraction of sp³-hybridized carbons (Fsp3) is 0.941. The summed E-state index contributed by atoms with van der Waals surface area (Å²) in [5.74, 6) is 1.97. The second-order valence-corrected chi connectivity index (χ2v) is 10.0. The number of rotatable bonds is 4. The summed E-state index contributed by atoms with van der Waals surface area (Å²) >= 11 is 0. The normalized spacial score (nSPS) is 31.1. The first-order valence-corrected chi connectivity index (χ1v) is 11.2. The predicted molar refractivity (Wildman–Crippen MR) is 111 cm³/mol. The van der Waals surface area contributed by atoms with Crippen LogP contribution in [0, 0.1) is 11.8 Å². The van der Waals surface area contributed by atoms with E-state index in [-0.39, 0.29) is 41.8 Å². The maximum atomic E-state index is 11.6. The maximum absolute atomic E-state index is 11.6. The summed E-state index contributed by atoms with van der Waals surface area (Å²) in [5, 5.41) is 13.4. The fourth-order valence-corrected chi connectivity index (χ4v) is 5.94. The molecule has 146 valence electrons. The summed E-state index contributed by atoms with van der Waals surface area (Å²) < 4.78 is 23.3. The molecular formula is C17H32IN3O3S. The molecule has 2 N–H and O–H groups in total. The van der Waals surface area contributed by atoms with Crippen LogP contribution in [0.15, 0.2) is 4.99 Å². The number of halogens is 1. The van der Waals surface area contributed by atoms with Crippen LogP contribution in [0.3, 0.4) is 0 Å². The van der Waals surface area contributed by atoms with Gasteiger partial charge in [-0.05, 0) is 38.5 Å². The summed E-state index contributed by atoms with van der Waals surface area (Å²) in [6.07, 6.45) is 6.33. The Kier molecular flexibility index (Phi) is 7.82. The summed E-state index contributed by atoms with van der Waals surface area (Å²) in [7, 11) is -2.84. The Labute approximate surface area is 168 Å². The Morgan fingerprint density at radius 3 is 2.56 bits per heavy atom. The molecule has 3 aliphatic rings. The van der Waals surface area contributed by atoms with Gasteiger partial charge < -0.3 is 15.3 Å². The molecular weight excluding hydrogens is 453 g/mol. The van der Waals surface area contributed by atoms with Crippen LogP contribution in [-0.4, -0.2) is 67.7 Å². The molecule has 0 spiro atoms. The number of likely N-dealkylation sites (tertiary alicyclic amines) is 1. The lowest BCUT2D eigenvalue weighted by molar-refractivity contribution is 0.132. The monoisotopic (exact) mass is 485 g/mol. The number of hydrogen-bond acceptors (Lipinski definition) is 4. The summed E-state index contributed by atoms with van der Waals surface area (Å²) in [6.45, 7) is 4.19. The molecule has 1 saturated carbocycles. The minimum Gasteiger partial charge on any atom is -0.393 e. The number of nitrogens with zero attached hydrogens (tertiary/aromatic N) is 2. The standard InChI is InChI=1S/C17H31N3O3S.HI/c1-13(21)15-6-8-20(11-15)17(19-16-4-2-3-5-16)18-10-14-7-9-24(22,23)12-14;/h13-16,21H,2-12H2,1H3,(H,18,19);1H. The van der Waals surface area contributed by atoms with E-state index in [1.165, 1.54) is 25.7 Å². The molecule has 3 fully saturated rings. The van der Waals surface area contributed by atoms with E-state index in [4.69, 9.17) is 4.99 Å². The molecule has 0 aromatic rings. The first-order chi connectivity index (χ1) is 11.4. The van der Waals surface area contributed by atoms with Gasteiger partial charge in [0.1, 0.15) is 0 Å². The van der Waals surface area contributed by atoms with E-state index < -0.39 is 9.84 Å². The molecule has 0 radical (unpaired) electrons. The Morgan fingerprint density at radius 1 is 1.28 bits per heavy atom. The van der Waals surface area contributed by atoms with Gasteiger partial charge in [-0.3, -0.25) is 4.99 Å². The molecule has 6 nitrogen and oxygen atoms in total. The number of aliphatic hydroxyl groups is 1. The zero-order valence-corrected chi connectivity index (χ0v) is 18.2. The minimum absolute atomic E-state index is 0. The third-order valence-electron chi connectivity index (χ3n) is 5.72. The molecule has 2 saturated heterocycles. The second-order valence-electron chi connectivity index (χ2n) is 7.79. The topological polar surface area (TPSA) is 82.0 Å². The highest BCUT2D eigenvalue weighted by molar-refractivity contribution is 14.0. The first kappa shape index (κ1) is 21.2. The Balaban J connectivity index is 0.00000225. The lowest BCUT2D eigenvalue weighted by Crippen LogP contribution is -2.45. The van der Waals surface area contributed by atoms with E-state index in [0.717, 1.165) is 31.9 Å². The Hall–Kier alpha value is -0.0900. The van der Waals surface area contributed by atoms with Crippen LogP contribution in [0.4, 0.5) is 0 Å². The smallest absolute Gasteiger partial charge is 0.194 e. The average Bonchev–Trinajstić information content (AvgIpc) is 3.24. The molecule has 2 aliphatic heterocycles. The van der Waals surface area contributed by atoms with Crippen molar-refractivity contribution in [2.45, 2.75) is 57.6 Å². The molecule has 1 aliphatic carbocycles. The largest absolute Gasteiger partial charge is 0.393 e. The lowest BCUT2D eigenvalue weighted by Gasteiger charge is -2.26. The van der Waals surface area contributed by atoms with Gasteiger partial charge in [0.2, 0.25) is 0 Å². The van der Waals surface area contributed by atoms with Gasteiger partial charge in [0.15, 0.2) is 15.8 Å². The Morgan fingerprint density at radius 2 is 2.00 bits per heavy atom. The number of nitrogens with one attached hydrogen (secondary N) is 1. The van der Waals surface area contributed by atoms with Crippen LogP contribution < -0.4 is 5.32 Å². The summed E-state index contributed by atoms with van der Waals surface area (Å²) in [6, 6.07) is 0.488. The SMILES string of the molecule is CC(O)C1CCN(C(=NCC2CCS(=O)(=O)C2)NC2CCCC2)C1.I. The van der Waals surface area contributed by atoms with Crippen molar-refractivity contribution in [1.29, 1.82) is 0 Å². The number of hydrogen-bond donors (Lipinski definition) is 2. The molecule has 0 amide bonds. The molecule has 25 heavy (non-hydrogen) atoms. The van der Waals surface area contributed by atoms with Gasteiger partial charge in [0.05, 0.1) is 17.6 Å². The van der Waals surface area contributed by atoms with Gasteiger partial charge in [-0.25, -0.2) is 8.42 Å². The fourth-order valence-electron chi connectivity index (χ4n) is 4.09. The quantitative estimate of drug-likeness (QED) is 0.360. The second kappa shape index (κ2) is 9.21. The van der Waals surface area contributed by atoms with Crippen LogP contribution in [0.2, 0.25) is 0 Å². The molecule has 3 rings (SSSR count). The van der Waals surface area contributed by atoms with E-state index in [1.807, 2.05) is 6.92 Å². The number of aliphatic hydroxyl groups excluding tert-OH is 1. The Bertz CT molecular complexity index is 561. The van der Waals surface area contributed by atoms with Gasteiger partial charge in [-0.15, -0.1) is 24.0 Å². The van der Waals surface area contributed by atoms with Crippen LogP contribution in [0.5, 0.6) is 0 Å². The van der Waals surface area contributed by atoms with Crippen molar-refractivity contribution in [3.05, 3.63) is 0 Å². The first-order valence-electron chi connectivity index (χ1n) is 9.37. The van der Waals surface area contributed by atoms with Crippen molar-refractivity contribution >= 4 is 39.8 Å². The maximum Gasteiger partial charge on any atom is 0.194 e. The van der Waals surface area contributed by atoms with Crippen molar-refractivity contribution in [2.75, 3.05) is 31.1 Å². The zero-order valence-electron chi connectivity index (χ0n) is 15.1. The molecule has 0 aromatic heterocycles. The number of aliphatic imine (C=N–C) groups is 1. The molecule has 0 bridgehead atoms. The lowest BCUT2D eigenvalue weighted by atomic mass is 10.0. The molecule has 3 unspecified atom stereocenters. The highest BCUT2D eigenvalue weighted by atomic mass is 127. The van der Waals surface area contributed by atoms with Crippen molar-refractivity contribution in [3.8, 4) is 0 Å². The van der Waals surface area contributed by atoms with Crippen LogP contribution >= 0.6 is 24.0 Å². The zero-order chi connectivity index (χ0) is 17.2. The molecule has 8 heteroatoms. The van der Waals surface area contributed by atoms with Gasteiger partial charge >= 0.3 is 0 Å². The molecule has 3 atom stereocenters. The summed E-state index contributed by atoms with van der Waals surface area (Å²) in [4.78, 5) is 7.05. The van der Waals surface area contributed by atoms with Crippen molar-refractivity contribution in [1.82, 2.24) is 10.2 Å². The van der Waals surface area contributed by atoms with Crippen molar-refractivity contribution < 1.29 is 13.5 Å². The summed E-state index contributed by atoms with van der Waals surface area (Å²) in [5.41, 5.74) is 0. The van der Waals surface area contributed by atoms with Gasteiger partial charge in [-0.1, -0.05) is 12.8 Å². The highest BCUT2D eigenvalue weighted by Crippen LogP contribution is 2.23. The predicted octanol–water partition coefficient (Wildman–Crippen LogP) is 1.63. The third-order valence-corrected chi connectivity index (χ3v) is 7.56. The van der Waals surface area contributed by atoms with Crippen molar-refractivity contribution in [2.24, 2.45) is 16.8 Å². The minimum atomic E-state index is -2.84. The third kappa shape index (κ3) is 5.95. The number of guanidine groups is 1. The highest BCUT2D eigenvalue weighted by Gasteiger charge is 2.31. The molecule has 2 heterocycles. The van der Waals surface area contributed by atoms with E-state index in [2.05, 4.69) is 10.2 Å². The van der Waals surface area contributed by atoms with Crippen LogP contribution in [-0.2, 0) is 9.84 Å². The molecule has 0 aromatic carbocycles. The van der Waals surface area contributed by atoms with Gasteiger partial charge in [-0.2, -0.15) is 0 Å². The van der Waals surface area contributed by atoms with E-state index >= 15 is 0 Å². The average molecular weight is 485 g/mol. The van der Waals surface area contributed by atoms with E-state index in [9.17, 15) is 13.5 Å².